The lowest BCUT2D eigenvalue weighted by atomic mass is 10.0. The van der Waals surface area contributed by atoms with Crippen molar-refractivity contribution < 1.29 is 14.3 Å². The highest BCUT2D eigenvalue weighted by atomic mass is 16.5. The second-order valence-electron chi connectivity index (χ2n) is 4.95. The average Bonchev–Trinajstić information content (AvgIpc) is 2.53. The van der Waals surface area contributed by atoms with E-state index < -0.39 is 5.97 Å². The Labute approximate surface area is 129 Å². The van der Waals surface area contributed by atoms with Crippen LogP contribution < -0.4 is 10.6 Å². The first-order valence-electron chi connectivity index (χ1n) is 6.77. The molecule has 22 heavy (non-hydrogen) atoms. The number of hydrogen-bond donors (Lipinski definition) is 1. The molecule has 0 spiro atoms. The summed E-state index contributed by atoms with van der Waals surface area (Å²) in [6.45, 7) is 1.80. The molecule has 114 valence electrons. The van der Waals surface area contributed by atoms with Gasteiger partial charge in [-0.2, -0.15) is 0 Å². The summed E-state index contributed by atoms with van der Waals surface area (Å²) >= 11 is 0. The molecule has 0 aromatic heterocycles. The van der Waals surface area contributed by atoms with Crippen molar-refractivity contribution in [3.8, 4) is 0 Å². The number of aryl methyl sites for hydroxylation is 1. The van der Waals surface area contributed by atoms with Crippen LogP contribution in [0.25, 0.3) is 0 Å². The quantitative estimate of drug-likeness (QED) is 0.698. The molecule has 0 radical (unpaired) electrons. The van der Waals surface area contributed by atoms with Gasteiger partial charge in [0.2, 0.25) is 0 Å². The van der Waals surface area contributed by atoms with Gasteiger partial charge in [-0.1, -0.05) is 12.1 Å². The van der Waals surface area contributed by atoms with Crippen LogP contribution in [-0.2, 0) is 4.74 Å². The molecule has 0 bridgehead atoms. The molecule has 0 aliphatic rings. The fourth-order valence-electron chi connectivity index (χ4n) is 2.23. The first kappa shape index (κ1) is 15.6. The summed E-state index contributed by atoms with van der Waals surface area (Å²) in [7, 11) is 2.94. The van der Waals surface area contributed by atoms with Crippen LogP contribution in [0.3, 0.4) is 0 Å². The number of nitrogens with zero attached hydrogens (tertiary/aromatic N) is 1. The third-order valence-corrected chi connectivity index (χ3v) is 3.46. The minimum atomic E-state index is -0.468. The standard InChI is InChI=1S/C17H18N2O3/c1-11-5-4-6-14(15(11)17(21)22-3)19(2)16(20)12-7-9-13(18)10-8-12/h4-10H,18H2,1-3H3. The molecular weight excluding hydrogens is 280 g/mol. The SMILES string of the molecule is COC(=O)c1c(C)cccc1N(C)C(=O)c1ccc(N)cc1. The highest BCUT2D eigenvalue weighted by molar-refractivity contribution is 6.09. The maximum Gasteiger partial charge on any atom is 0.340 e. The number of rotatable bonds is 3. The van der Waals surface area contributed by atoms with Gasteiger partial charge in [-0.15, -0.1) is 0 Å². The van der Waals surface area contributed by atoms with E-state index in [1.165, 1.54) is 12.0 Å². The molecule has 0 aliphatic carbocycles. The molecule has 0 saturated carbocycles. The number of hydrogen-bond acceptors (Lipinski definition) is 4. The van der Waals surface area contributed by atoms with Crippen LogP contribution in [-0.4, -0.2) is 26.0 Å². The normalized spacial score (nSPS) is 10.1. The van der Waals surface area contributed by atoms with E-state index in [2.05, 4.69) is 0 Å². The van der Waals surface area contributed by atoms with E-state index in [1.54, 1.807) is 56.4 Å². The molecule has 1 amide bonds. The maximum atomic E-state index is 12.6. The van der Waals surface area contributed by atoms with Crippen molar-refractivity contribution in [2.45, 2.75) is 6.92 Å². The second-order valence-corrected chi connectivity index (χ2v) is 4.95. The molecule has 0 aliphatic heterocycles. The van der Waals surface area contributed by atoms with Gasteiger partial charge in [0, 0.05) is 18.3 Å². The molecule has 0 heterocycles. The molecule has 0 unspecified atom stereocenters. The van der Waals surface area contributed by atoms with Crippen LogP contribution in [0, 0.1) is 6.92 Å². The van der Waals surface area contributed by atoms with Crippen LogP contribution in [0.1, 0.15) is 26.3 Å². The van der Waals surface area contributed by atoms with Crippen molar-refractivity contribution in [1.82, 2.24) is 0 Å². The molecule has 2 N–H and O–H groups in total. The molecule has 5 heteroatoms. The van der Waals surface area contributed by atoms with Crippen molar-refractivity contribution >= 4 is 23.3 Å². The van der Waals surface area contributed by atoms with Crippen molar-refractivity contribution in [2.24, 2.45) is 0 Å². The van der Waals surface area contributed by atoms with Crippen LogP contribution in [0.2, 0.25) is 0 Å². The van der Waals surface area contributed by atoms with Gasteiger partial charge in [-0.25, -0.2) is 4.79 Å². The third-order valence-electron chi connectivity index (χ3n) is 3.46. The largest absolute Gasteiger partial charge is 0.465 e. The molecule has 2 aromatic carbocycles. The lowest BCUT2D eigenvalue weighted by molar-refractivity contribution is 0.0601. The predicted molar refractivity (Wildman–Crippen MR) is 86.1 cm³/mol. The Morgan fingerprint density at radius 2 is 1.73 bits per heavy atom. The molecule has 0 saturated heterocycles. The van der Waals surface area contributed by atoms with Crippen molar-refractivity contribution in [2.75, 3.05) is 24.8 Å². The zero-order chi connectivity index (χ0) is 16.3. The number of carbonyl (C=O) groups is 2. The number of nitrogen functional groups attached to an aromatic ring is 1. The van der Waals surface area contributed by atoms with Gasteiger partial charge in [0.1, 0.15) is 0 Å². The molecule has 0 fully saturated rings. The Balaban J connectivity index is 2.43. The minimum absolute atomic E-state index is 0.226. The van der Waals surface area contributed by atoms with E-state index in [-0.39, 0.29) is 5.91 Å². The molecule has 5 nitrogen and oxygen atoms in total. The number of ether oxygens (including phenoxy) is 1. The number of nitrogens with two attached hydrogens (primary N) is 1. The van der Waals surface area contributed by atoms with E-state index in [1.807, 2.05) is 0 Å². The number of benzene rings is 2. The zero-order valence-electron chi connectivity index (χ0n) is 12.8. The first-order valence-corrected chi connectivity index (χ1v) is 6.77. The van der Waals surface area contributed by atoms with Gasteiger partial charge in [-0.3, -0.25) is 4.79 Å². The fourth-order valence-corrected chi connectivity index (χ4v) is 2.23. The van der Waals surface area contributed by atoms with E-state index in [4.69, 9.17) is 10.5 Å². The van der Waals surface area contributed by atoms with E-state index in [9.17, 15) is 9.59 Å². The fraction of sp³-hybridized carbons (Fsp3) is 0.176. The smallest absolute Gasteiger partial charge is 0.340 e. The Hall–Kier alpha value is -2.82. The van der Waals surface area contributed by atoms with Gasteiger partial charge < -0.3 is 15.4 Å². The second kappa shape index (κ2) is 6.30. The highest BCUT2D eigenvalue weighted by Crippen LogP contribution is 2.25. The lowest BCUT2D eigenvalue weighted by Gasteiger charge is -2.21. The lowest BCUT2D eigenvalue weighted by Crippen LogP contribution is -2.28. The summed E-state index contributed by atoms with van der Waals surface area (Å²) in [6.07, 6.45) is 0. The zero-order valence-corrected chi connectivity index (χ0v) is 12.8. The summed E-state index contributed by atoms with van der Waals surface area (Å²) < 4.78 is 4.82. The number of anilines is 2. The summed E-state index contributed by atoms with van der Waals surface area (Å²) in [6, 6.07) is 12.0. The minimum Gasteiger partial charge on any atom is -0.465 e. The Morgan fingerprint density at radius 1 is 1.09 bits per heavy atom. The van der Waals surface area contributed by atoms with Crippen molar-refractivity contribution in [3.05, 3.63) is 59.2 Å². The molecule has 0 atom stereocenters. The van der Waals surface area contributed by atoms with Crippen molar-refractivity contribution in [1.29, 1.82) is 0 Å². The Morgan fingerprint density at radius 3 is 2.32 bits per heavy atom. The third kappa shape index (κ3) is 2.93. The topological polar surface area (TPSA) is 72.6 Å². The summed E-state index contributed by atoms with van der Waals surface area (Å²) in [4.78, 5) is 26.0. The Bertz CT molecular complexity index is 708. The molecule has 2 aromatic rings. The highest BCUT2D eigenvalue weighted by Gasteiger charge is 2.21. The number of methoxy groups -OCH3 is 1. The van der Waals surface area contributed by atoms with Gasteiger partial charge in [0.15, 0.2) is 0 Å². The first-order chi connectivity index (χ1) is 10.5. The van der Waals surface area contributed by atoms with Crippen LogP contribution in [0.5, 0.6) is 0 Å². The van der Waals surface area contributed by atoms with Gasteiger partial charge in [-0.05, 0) is 42.8 Å². The number of carbonyl (C=O) groups excluding carboxylic acids is 2. The van der Waals surface area contributed by atoms with Gasteiger partial charge >= 0.3 is 5.97 Å². The molecule has 2 rings (SSSR count). The molecular formula is C17H18N2O3. The monoisotopic (exact) mass is 298 g/mol. The average molecular weight is 298 g/mol. The van der Waals surface area contributed by atoms with E-state index in [0.717, 1.165) is 5.56 Å². The predicted octanol–water partition coefficient (Wildman–Crippen LogP) is 2.64. The summed E-state index contributed by atoms with van der Waals surface area (Å²) in [5, 5.41) is 0. The van der Waals surface area contributed by atoms with Crippen LogP contribution in [0.15, 0.2) is 42.5 Å². The number of amides is 1. The van der Waals surface area contributed by atoms with Gasteiger partial charge in [0.05, 0.1) is 18.4 Å². The summed E-state index contributed by atoms with van der Waals surface area (Å²) in [5.41, 5.74) is 8.36. The Kier molecular flexibility index (Phi) is 4.46. The van der Waals surface area contributed by atoms with E-state index >= 15 is 0 Å². The van der Waals surface area contributed by atoms with Crippen LogP contribution >= 0.6 is 0 Å². The summed E-state index contributed by atoms with van der Waals surface area (Å²) in [5.74, 6) is -0.694. The van der Waals surface area contributed by atoms with E-state index in [0.29, 0.717) is 22.5 Å². The van der Waals surface area contributed by atoms with Crippen LogP contribution in [0.4, 0.5) is 11.4 Å². The number of esters is 1. The van der Waals surface area contributed by atoms with Gasteiger partial charge in [0.25, 0.3) is 5.91 Å². The van der Waals surface area contributed by atoms with Crippen molar-refractivity contribution in [3.63, 3.8) is 0 Å². The maximum absolute atomic E-state index is 12.6.